The van der Waals surface area contributed by atoms with Crippen molar-refractivity contribution in [2.24, 2.45) is 0 Å². The molecule has 1 fully saturated rings. The highest BCUT2D eigenvalue weighted by atomic mass is 79.9. The second-order valence-electron chi connectivity index (χ2n) is 8.38. The van der Waals surface area contributed by atoms with Gasteiger partial charge in [0, 0.05) is 33.6 Å². The van der Waals surface area contributed by atoms with Crippen LogP contribution in [0.4, 0.5) is 5.82 Å². The number of nitrogens with one attached hydrogen (secondary N) is 2. The number of carbonyl (C=O) groups is 1. The van der Waals surface area contributed by atoms with E-state index in [1.54, 1.807) is 0 Å². The minimum absolute atomic E-state index is 0.0285. The van der Waals surface area contributed by atoms with E-state index < -0.39 is 15.9 Å². The van der Waals surface area contributed by atoms with Crippen molar-refractivity contribution in [1.82, 2.24) is 10.5 Å². The monoisotopic (exact) mass is 547 g/mol. The molecule has 178 valence electrons. The highest BCUT2D eigenvalue weighted by Gasteiger charge is 2.50. The molecule has 0 unspecified atom stereocenters. The van der Waals surface area contributed by atoms with Gasteiger partial charge in [0.2, 0.25) is 0 Å². The van der Waals surface area contributed by atoms with Gasteiger partial charge in [-0.3, -0.25) is 9.52 Å². The number of anilines is 1. The molecular weight excluding hydrogens is 526 g/mol. The molecule has 0 atom stereocenters. The van der Waals surface area contributed by atoms with Crippen LogP contribution in [0.5, 0.6) is 11.5 Å². The van der Waals surface area contributed by atoms with Crippen LogP contribution >= 0.6 is 15.9 Å². The Kier molecular flexibility index (Phi) is 5.36. The topological polar surface area (TPSA) is 120 Å². The normalized spacial score (nSPS) is 15.3. The van der Waals surface area contributed by atoms with Gasteiger partial charge in [-0.05, 0) is 49.1 Å². The number of methoxy groups -OCH3 is 2. The second kappa shape index (κ2) is 8.02. The Morgan fingerprint density at radius 3 is 2.41 bits per heavy atom. The number of fused-ring (bicyclic) bond motifs is 4. The molecule has 2 N–H and O–H groups in total. The Balaban J connectivity index is 1.58. The fourth-order valence-corrected chi connectivity index (χ4v) is 6.25. The molecule has 2 aliphatic rings. The number of halogens is 1. The van der Waals surface area contributed by atoms with E-state index in [0.29, 0.717) is 17.7 Å². The molecule has 34 heavy (non-hydrogen) atoms. The van der Waals surface area contributed by atoms with Crippen LogP contribution in [0.2, 0.25) is 0 Å². The van der Waals surface area contributed by atoms with Gasteiger partial charge in [0.1, 0.15) is 11.5 Å². The molecule has 11 heteroatoms. The van der Waals surface area contributed by atoms with Gasteiger partial charge < -0.3 is 19.3 Å². The molecule has 0 saturated heterocycles. The summed E-state index contributed by atoms with van der Waals surface area (Å²) < 4.78 is 46.8. The smallest absolute Gasteiger partial charge is 0.270 e. The molecule has 1 aromatic heterocycles. The summed E-state index contributed by atoms with van der Waals surface area (Å²) in [6, 6.07) is 8.76. The van der Waals surface area contributed by atoms with E-state index in [-0.39, 0.29) is 33.2 Å². The Hall–Kier alpha value is -3.05. The van der Waals surface area contributed by atoms with E-state index in [2.05, 4.69) is 37.2 Å². The maximum absolute atomic E-state index is 13.5. The van der Waals surface area contributed by atoms with Crippen molar-refractivity contribution in [2.45, 2.75) is 29.6 Å². The van der Waals surface area contributed by atoms with Gasteiger partial charge in [-0.15, -0.1) is 0 Å². The fraction of sp³-hybridized carbons (Fsp3) is 0.304. The zero-order valence-corrected chi connectivity index (χ0v) is 21.1. The van der Waals surface area contributed by atoms with Gasteiger partial charge in [-0.25, -0.2) is 8.42 Å². The molecule has 5 rings (SSSR count). The number of amides is 1. The Morgan fingerprint density at radius 1 is 1.15 bits per heavy atom. The number of aromatic nitrogens is 1. The number of hydrogen-bond acceptors (Lipinski definition) is 7. The van der Waals surface area contributed by atoms with Crippen LogP contribution in [0.15, 0.2) is 44.2 Å². The molecule has 3 aromatic rings. The van der Waals surface area contributed by atoms with Crippen LogP contribution in [0.1, 0.15) is 34.3 Å². The molecule has 1 heterocycles. The zero-order valence-electron chi connectivity index (χ0n) is 18.7. The van der Waals surface area contributed by atoms with Gasteiger partial charge in [0.05, 0.1) is 14.2 Å². The molecule has 2 aromatic carbocycles. The number of sulfonamides is 1. The molecule has 0 bridgehead atoms. The molecule has 0 radical (unpaired) electrons. The minimum Gasteiger partial charge on any atom is -0.495 e. The van der Waals surface area contributed by atoms with Crippen LogP contribution in [-0.4, -0.2) is 40.7 Å². The molecular formula is C23H22BrN3O6S. The van der Waals surface area contributed by atoms with Crippen LogP contribution in [0.25, 0.3) is 11.3 Å². The second-order valence-corrected chi connectivity index (χ2v) is 10.9. The average Bonchev–Trinajstić information content (AvgIpc) is 3.49. The number of benzene rings is 2. The maximum atomic E-state index is 13.5. The van der Waals surface area contributed by atoms with Gasteiger partial charge in [0.25, 0.3) is 15.9 Å². The number of rotatable bonds is 6. The first-order valence-electron chi connectivity index (χ1n) is 10.5. The average molecular weight is 548 g/mol. The third kappa shape index (κ3) is 3.54. The predicted molar refractivity (Wildman–Crippen MR) is 128 cm³/mol. The first-order chi connectivity index (χ1) is 16.2. The SMILES string of the molecule is CNC(=O)c1cc(OC)c(S(=O)(=O)Nc2noc3c2CC2(CC2)c2ccc(Br)cc2-3)c(OC)c1. The lowest BCUT2D eigenvalue weighted by Gasteiger charge is -2.24. The first kappa shape index (κ1) is 22.7. The fourth-order valence-electron chi connectivity index (χ4n) is 4.56. The lowest BCUT2D eigenvalue weighted by molar-refractivity contribution is 0.0962. The highest BCUT2D eigenvalue weighted by Crippen LogP contribution is 2.58. The largest absolute Gasteiger partial charge is 0.495 e. The Bertz CT molecular complexity index is 1400. The van der Waals surface area contributed by atoms with E-state index in [0.717, 1.165) is 22.9 Å². The summed E-state index contributed by atoms with van der Waals surface area (Å²) in [5.74, 6) is 0.219. The summed E-state index contributed by atoms with van der Waals surface area (Å²) in [6.07, 6.45) is 2.66. The van der Waals surface area contributed by atoms with Crippen LogP contribution in [0.3, 0.4) is 0 Å². The molecule has 9 nitrogen and oxygen atoms in total. The standard InChI is InChI=1S/C23H22BrN3O6S/c1-25-22(28)12-8-17(31-2)20(18(9-12)32-3)34(29,30)27-21-15-11-23(6-7-23)16-5-4-13(24)10-14(16)19(15)33-26-21/h4-5,8-10H,6-7,11H2,1-3H3,(H,25,28)(H,26,27). The van der Waals surface area contributed by atoms with Gasteiger partial charge in [0.15, 0.2) is 16.5 Å². The van der Waals surface area contributed by atoms with Gasteiger partial charge >= 0.3 is 0 Å². The molecule has 0 aliphatic heterocycles. The van der Waals surface area contributed by atoms with Gasteiger partial charge in [-0.2, -0.15) is 0 Å². The lowest BCUT2D eigenvalue weighted by atomic mass is 9.79. The van der Waals surface area contributed by atoms with Gasteiger partial charge in [-0.1, -0.05) is 27.2 Å². The van der Waals surface area contributed by atoms with E-state index in [4.69, 9.17) is 14.0 Å². The summed E-state index contributed by atoms with van der Waals surface area (Å²) >= 11 is 3.51. The zero-order chi connectivity index (χ0) is 24.3. The molecule has 1 amide bonds. The van der Waals surface area contributed by atoms with E-state index in [1.165, 1.54) is 39.0 Å². The van der Waals surface area contributed by atoms with Crippen LogP contribution < -0.4 is 19.5 Å². The number of hydrogen-bond donors (Lipinski definition) is 2. The number of carbonyl (C=O) groups excluding carboxylic acids is 1. The van der Waals surface area contributed by atoms with E-state index in [1.807, 2.05) is 12.1 Å². The van der Waals surface area contributed by atoms with Crippen molar-refractivity contribution in [3.8, 4) is 22.8 Å². The third-order valence-electron chi connectivity index (χ3n) is 6.40. The summed E-state index contributed by atoms with van der Waals surface area (Å²) in [5.41, 5.74) is 3.00. The molecule has 1 saturated carbocycles. The van der Waals surface area contributed by atoms with Crippen molar-refractivity contribution in [2.75, 3.05) is 26.0 Å². The minimum atomic E-state index is -4.22. The van der Waals surface area contributed by atoms with E-state index >= 15 is 0 Å². The first-order valence-corrected chi connectivity index (χ1v) is 12.8. The maximum Gasteiger partial charge on any atom is 0.270 e. The quantitative estimate of drug-likeness (QED) is 0.480. The van der Waals surface area contributed by atoms with Crippen molar-refractivity contribution in [1.29, 1.82) is 0 Å². The third-order valence-corrected chi connectivity index (χ3v) is 8.30. The molecule has 2 aliphatic carbocycles. The number of nitrogens with zero attached hydrogens (tertiary/aromatic N) is 1. The van der Waals surface area contributed by atoms with Crippen LogP contribution in [-0.2, 0) is 21.9 Å². The summed E-state index contributed by atoms with van der Waals surface area (Å²) in [6.45, 7) is 0. The van der Waals surface area contributed by atoms with Crippen molar-refractivity contribution in [3.05, 3.63) is 51.5 Å². The summed E-state index contributed by atoms with van der Waals surface area (Å²) in [7, 11) is -0.0917. The Morgan fingerprint density at radius 2 is 1.82 bits per heavy atom. The number of ether oxygens (including phenoxy) is 2. The highest BCUT2D eigenvalue weighted by molar-refractivity contribution is 9.10. The lowest BCUT2D eigenvalue weighted by Crippen LogP contribution is -2.21. The molecule has 1 spiro atoms. The van der Waals surface area contributed by atoms with Crippen LogP contribution in [0, 0.1) is 0 Å². The predicted octanol–water partition coefficient (Wildman–Crippen LogP) is 3.87. The summed E-state index contributed by atoms with van der Waals surface area (Å²) in [4.78, 5) is 11.9. The van der Waals surface area contributed by atoms with Crippen molar-refractivity contribution < 1.29 is 27.2 Å². The van der Waals surface area contributed by atoms with Crippen molar-refractivity contribution in [3.63, 3.8) is 0 Å². The van der Waals surface area contributed by atoms with Crippen molar-refractivity contribution >= 4 is 37.7 Å². The summed E-state index contributed by atoms with van der Waals surface area (Å²) in [5, 5.41) is 6.57. The Labute approximate surface area is 205 Å². The van der Waals surface area contributed by atoms with E-state index in [9.17, 15) is 13.2 Å².